The van der Waals surface area contributed by atoms with Gasteiger partial charge in [-0.25, -0.2) is 0 Å². The molecule has 0 saturated carbocycles. The number of carbonyl (C=O) groups excluding carboxylic acids is 1. The van der Waals surface area contributed by atoms with Crippen LogP contribution in [0.5, 0.6) is 0 Å². The Bertz CT molecular complexity index is 231. The first-order valence-electron chi connectivity index (χ1n) is 4.25. The number of amides is 1. The van der Waals surface area contributed by atoms with Crippen LogP contribution in [0, 0.1) is 0 Å². The van der Waals surface area contributed by atoms with Gasteiger partial charge in [-0.1, -0.05) is 18.2 Å². The minimum Gasteiger partial charge on any atom is -0.369 e. The van der Waals surface area contributed by atoms with Crippen molar-refractivity contribution in [3.05, 3.63) is 23.8 Å². The minimum absolute atomic E-state index is 0.156. The summed E-state index contributed by atoms with van der Waals surface area (Å²) in [6.45, 7) is 5.11. The van der Waals surface area contributed by atoms with E-state index in [4.69, 9.17) is 0 Å². The Morgan fingerprint density at radius 3 is 2.31 bits per heavy atom. The second-order valence-electron chi connectivity index (χ2n) is 2.79. The highest BCUT2D eigenvalue weighted by Crippen LogP contribution is 2.08. The summed E-state index contributed by atoms with van der Waals surface area (Å²) in [4.78, 5) is 12.2. The zero-order chi connectivity index (χ0) is 10.4. The van der Waals surface area contributed by atoms with Gasteiger partial charge in [-0.3, -0.25) is 4.79 Å². The lowest BCUT2D eigenvalue weighted by Crippen LogP contribution is -2.36. The van der Waals surface area contributed by atoms with Crippen LogP contribution >= 0.6 is 0 Å². The Hall–Kier alpha value is -1.09. The van der Waals surface area contributed by atoms with Crippen molar-refractivity contribution < 1.29 is 9.90 Å². The van der Waals surface area contributed by atoms with Gasteiger partial charge in [0, 0.05) is 14.0 Å². The number of hydrogen-bond acceptors (Lipinski definition) is 2. The molecule has 0 aliphatic carbocycles. The Kier molecular flexibility index (Phi) is 5.07. The van der Waals surface area contributed by atoms with Crippen molar-refractivity contribution >= 4 is 5.91 Å². The van der Waals surface area contributed by atoms with E-state index < -0.39 is 6.23 Å². The third-order valence-corrected chi connectivity index (χ3v) is 1.85. The van der Waals surface area contributed by atoms with Crippen molar-refractivity contribution in [2.75, 3.05) is 7.05 Å². The fourth-order valence-corrected chi connectivity index (χ4v) is 0.920. The lowest BCUT2D eigenvalue weighted by molar-refractivity contribution is -0.134. The van der Waals surface area contributed by atoms with Crippen molar-refractivity contribution in [3.63, 3.8) is 0 Å². The van der Waals surface area contributed by atoms with Gasteiger partial charge < -0.3 is 10.0 Å². The van der Waals surface area contributed by atoms with Gasteiger partial charge >= 0.3 is 0 Å². The molecule has 74 valence electrons. The highest BCUT2D eigenvalue weighted by molar-refractivity contribution is 5.73. The summed E-state index contributed by atoms with van der Waals surface area (Å²) in [5.41, 5.74) is 0.722. The van der Waals surface area contributed by atoms with Crippen LogP contribution in [0.25, 0.3) is 0 Å². The normalized spacial score (nSPS) is 14.7. The number of hydrogen-bond donors (Lipinski definition) is 1. The maximum atomic E-state index is 10.9. The summed E-state index contributed by atoms with van der Waals surface area (Å²) in [5.74, 6) is -0.156. The molecule has 1 unspecified atom stereocenters. The monoisotopic (exact) mass is 183 g/mol. The second kappa shape index (κ2) is 5.54. The van der Waals surface area contributed by atoms with E-state index in [1.807, 2.05) is 19.9 Å². The van der Waals surface area contributed by atoms with Crippen molar-refractivity contribution in [3.8, 4) is 0 Å². The number of likely N-dealkylation sites (N-methyl/N-ethyl adjacent to an activating group) is 1. The molecule has 0 aromatic carbocycles. The molecule has 0 rings (SSSR count). The van der Waals surface area contributed by atoms with Crippen LogP contribution in [0.3, 0.4) is 0 Å². The Labute approximate surface area is 79.4 Å². The fourth-order valence-electron chi connectivity index (χ4n) is 0.920. The molecule has 13 heavy (non-hydrogen) atoms. The smallest absolute Gasteiger partial charge is 0.221 e. The first-order chi connectivity index (χ1) is 6.04. The summed E-state index contributed by atoms with van der Waals surface area (Å²) in [5, 5.41) is 9.66. The number of aliphatic hydroxyl groups excluding tert-OH is 1. The van der Waals surface area contributed by atoms with Crippen LogP contribution in [0.15, 0.2) is 23.8 Å². The van der Waals surface area contributed by atoms with Crippen LogP contribution < -0.4 is 0 Å². The number of rotatable bonds is 3. The number of allylic oxidation sites excluding steroid dienone is 2. The predicted octanol–water partition coefficient (Wildman–Crippen LogP) is 1.31. The zero-order valence-corrected chi connectivity index (χ0v) is 8.61. The molecule has 3 heteroatoms. The molecule has 0 radical (unpaired) electrons. The second-order valence-corrected chi connectivity index (χ2v) is 2.79. The summed E-state index contributed by atoms with van der Waals surface area (Å²) in [6.07, 6.45) is 4.54. The van der Waals surface area contributed by atoms with Crippen LogP contribution in [0.1, 0.15) is 20.8 Å². The van der Waals surface area contributed by atoms with Crippen LogP contribution in [-0.4, -0.2) is 29.2 Å². The molecule has 0 aliphatic heterocycles. The van der Waals surface area contributed by atoms with Crippen molar-refractivity contribution in [2.45, 2.75) is 27.0 Å². The standard InChI is InChI=1S/C10H17NO2/c1-5-7-9(6-2)10(13)11(4)8(3)12/h5-7,10,13H,1-4H3/b7-5-,9-6+. The lowest BCUT2D eigenvalue weighted by atomic mass is 10.2. The van der Waals surface area contributed by atoms with Gasteiger partial charge in [-0.2, -0.15) is 0 Å². The maximum absolute atomic E-state index is 10.9. The molecule has 0 fully saturated rings. The summed E-state index contributed by atoms with van der Waals surface area (Å²) in [7, 11) is 1.57. The third kappa shape index (κ3) is 3.42. The van der Waals surface area contributed by atoms with Gasteiger partial charge in [-0.15, -0.1) is 0 Å². The largest absolute Gasteiger partial charge is 0.369 e. The highest BCUT2D eigenvalue weighted by atomic mass is 16.3. The van der Waals surface area contributed by atoms with Gasteiger partial charge in [0.15, 0.2) is 6.23 Å². The maximum Gasteiger partial charge on any atom is 0.221 e. The topological polar surface area (TPSA) is 40.5 Å². The molecular formula is C10H17NO2. The number of carbonyl (C=O) groups is 1. The van der Waals surface area contributed by atoms with E-state index >= 15 is 0 Å². The van der Waals surface area contributed by atoms with Gasteiger partial charge in [-0.05, 0) is 19.4 Å². The van der Waals surface area contributed by atoms with E-state index in [0.717, 1.165) is 5.57 Å². The average Bonchev–Trinajstić information content (AvgIpc) is 2.11. The lowest BCUT2D eigenvalue weighted by Gasteiger charge is -2.23. The van der Waals surface area contributed by atoms with E-state index in [1.54, 1.807) is 19.2 Å². The van der Waals surface area contributed by atoms with E-state index in [9.17, 15) is 9.90 Å². The Balaban J connectivity index is 4.56. The van der Waals surface area contributed by atoms with Crippen LogP contribution in [0.2, 0.25) is 0 Å². The first kappa shape index (κ1) is 11.9. The van der Waals surface area contributed by atoms with Gasteiger partial charge in [0.25, 0.3) is 0 Å². The summed E-state index contributed by atoms with van der Waals surface area (Å²) in [6, 6.07) is 0. The van der Waals surface area contributed by atoms with Gasteiger partial charge in [0.05, 0.1) is 0 Å². The van der Waals surface area contributed by atoms with Crippen molar-refractivity contribution in [1.82, 2.24) is 4.90 Å². The van der Waals surface area contributed by atoms with Gasteiger partial charge in [0.1, 0.15) is 0 Å². The molecule has 1 atom stereocenters. The number of aliphatic hydroxyl groups is 1. The molecule has 0 spiro atoms. The molecule has 3 nitrogen and oxygen atoms in total. The predicted molar refractivity (Wildman–Crippen MR) is 53.0 cm³/mol. The molecule has 0 aromatic rings. The first-order valence-corrected chi connectivity index (χ1v) is 4.25. The minimum atomic E-state index is -0.848. The molecule has 0 bridgehead atoms. The van der Waals surface area contributed by atoms with E-state index in [2.05, 4.69) is 0 Å². The molecule has 1 amide bonds. The van der Waals surface area contributed by atoms with Crippen molar-refractivity contribution in [2.24, 2.45) is 0 Å². The molecule has 0 heterocycles. The average molecular weight is 183 g/mol. The highest BCUT2D eigenvalue weighted by Gasteiger charge is 2.15. The van der Waals surface area contributed by atoms with Crippen LogP contribution in [0.4, 0.5) is 0 Å². The molecule has 0 aromatic heterocycles. The quantitative estimate of drug-likeness (QED) is 0.529. The van der Waals surface area contributed by atoms with Crippen LogP contribution in [-0.2, 0) is 4.79 Å². The zero-order valence-electron chi connectivity index (χ0n) is 8.61. The molecule has 1 N–H and O–H groups in total. The Morgan fingerprint density at radius 1 is 1.46 bits per heavy atom. The molecular weight excluding hydrogens is 166 g/mol. The van der Waals surface area contributed by atoms with E-state index in [0.29, 0.717) is 0 Å². The summed E-state index contributed by atoms with van der Waals surface area (Å²) >= 11 is 0. The number of nitrogens with zero attached hydrogens (tertiary/aromatic N) is 1. The van der Waals surface area contributed by atoms with E-state index in [1.165, 1.54) is 11.8 Å². The summed E-state index contributed by atoms with van der Waals surface area (Å²) < 4.78 is 0. The molecule has 0 saturated heterocycles. The van der Waals surface area contributed by atoms with Crippen molar-refractivity contribution in [1.29, 1.82) is 0 Å². The third-order valence-electron chi connectivity index (χ3n) is 1.85. The fraction of sp³-hybridized carbons (Fsp3) is 0.500. The van der Waals surface area contributed by atoms with Gasteiger partial charge in [0.2, 0.25) is 5.91 Å². The SMILES string of the molecule is C/C=C\C(=C/C)C(O)N(C)C(C)=O. The molecule has 0 aliphatic rings. The Morgan fingerprint density at radius 2 is 2.00 bits per heavy atom. The van der Waals surface area contributed by atoms with E-state index in [-0.39, 0.29) is 5.91 Å².